The molecule has 2 aromatic rings. The average Bonchev–Trinajstić information content (AvgIpc) is 2.53. The van der Waals surface area contributed by atoms with Crippen LogP contribution in [0.1, 0.15) is 12.0 Å². The van der Waals surface area contributed by atoms with Gasteiger partial charge in [-0.2, -0.15) is 4.31 Å². The molecule has 0 aliphatic rings. The van der Waals surface area contributed by atoms with Crippen LogP contribution in [0.4, 0.5) is 10.1 Å². The van der Waals surface area contributed by atoms with E-state index in [0.29, 0.717) is 11.3 Å². The Balaban J connectivity index is 1.96. The Hall–Kier alpha value is -2.25. The summed E-state index contributed by atoms with van der Waals surface area (Å²) in [6.45, 7) is 0.145. The van der Waals surface area contributed by atoms with Gasteiger partial charge in [0, 0.05) is 25.2 Å². The first-order valence-corrected chi connectivity index (χ1v) is 9.24. The topological polar surface area (TPSA) is 66.5 Å². The minimum absolute atomic E-state index is 0.0309. The summed E-state index contributed by atoms with van der Waals surface area (Å²) in [7, 11) is -3.48. The summed E-state index contributed by atoms with van der Waals surface area (Å²) in [5, 5.41) is 2.71. The van der Waals surface area contributed by atoms with Crippen molar-refractivity contribution >= 4 is 21.6 Å². The van der Waals surface area contributed by atoms with Gasteiger partial charge in [0.25, 0.3) is 0 Å². The van der Waals surface area contributed by atoms with Gasteiger partial charge in [-0.05, 0) is 29.8 Å². The number of amides is 1. The maximum absolute atomic E-state index is 12.9. The third-order valence-electron chi connectivity index (χ3n) is 3.39. The number of hydrogen-bond acceptors (Lipinski definition) is 3. The number of rotatable bonds is 7. The van der Waals surface area contributed by atoms with E-state index in [1.807, 2.05) is 6.07 Å². The van der Waals surface area contributed by atoms with Gasteiger partial charge in [0.15, 0.2) is 0 Å². The number of carbonyl (C=O) groups excluding carboxylic acids is 1. The first-order chi connectivity index (χ1) is 11.3. The Morgan fingerprint density at radius 2 is 1.71 bits per heavy atom. The minimum Gasteiger partial charge on any atom is -0.326 e. The molecule has 1 amide bonds. The first-order valence-electron chi connectivity index (χ1n) is 7.39. The van der Waals surface area contributed by atoms with E-state index in [2.05, 4.69) is 5.32 Å². The van der Waals surface area contributed by atoms with Crippen LogP contribution in [0.15, 0.2) is 54.6 Å². The second-order valence-corrected chi connectivity index (χ2v) is 7.37. The summed E-state index contributed by atoms with van der Waals surface area (Å²) in [4.78, 5) is 12.0. The van der Waals surface area contributed by atoms with Crippen molar-refractivity contribution in [2.45, 2.75) is 13.0 Å². The van der Waals surface area contributed by atoms with Gasteiger partial charge in [-0.25, -0.2) is 12.8 Å². The highest BCUT2D eigenvalue weighted by molar-refractivity contribution is 7.88. The zero-order valence-corrected chi connectivity index (χ0v) is 14.1. The third kappa shape index (κ3) is 5.75. The van der Waals surface area contributed by atoms with Crippen molar-refractivity contribution in [2.75, 3.05) is 18.1 Å². The lowest BCUT2D eigenvalue weighted by Gasteiger charge is -2.19. The first kappa shape index (κ1) is 18.1. The molecule has 0 unspecified atom stereocenters. The van der Waals surface area contributed by atoms with Crippen LogP contribution in [0.3, 0.4) is 0 Å². The van der Waals surface area contributed by atoms with E-state index in [4.69, 9.17) is 0 Å². The molecule has 5 nitrogen and oxygen atoms in total. The summed E-state index contributed by atoms with van der Waals surface area (Å²) in [5.74, 6) is -0.652. The van der Waals surface area contributed by atoms with Crippen molar-refractivity contribution < 1.29 is 17.6 Å². The van der Waals surface area contributed by atoms with E-state index in [9.17, 15) is 17.6 Å². The molecule has 0 radical (unpaired) electrons. The van der Waals surface area contributed by atoms with Crippen LogP contribution >= 0.6 is 0 Å². The van der Waals surface area contributed by atoms with Gasteiger partial charge in [-0.15, -0.1) is 0 Å². The quantitative estimate of drug-likeness (QED) is 0.835. The number of halogens is 1. The highest BCUT2D eigenvalue weighted by atomic mass is 32.2. The zero-order valence-electron chi connectivity index (χ0n) is 13.3. The molecule has 0 saturated carbocycles. The number of benzene rings is 2. The van der Waals surface area contributed by atoms with E-state index >= 15 is 0 Å². The van der Waals surface area contributed by atoms with Gasteiger partial charge in [0.2, 0.25) is 15.9 Å². The molecular formula is C17H19FN2O3S. The van der Waals surface area contributed by atoms with Gasteiger partial charge >= 0.3 is 0 Å². The molecule has 0 spiro atoms. The molecule has 0 heterocycles. The van der Waals surface area contributed by atoms with Gasteiger partial charge in [-0.1, -0.05) is 30.3 Å². The molecule has 0 bridgehead atoms. The maximum Gasteiger partial charge on any atom is 0.225 e. The van der Waals surface area contributed by atoms with Crippen LogP contribution in [-0.4, -0.2) is 31.4 Å². The van der Waals surface area contributed by atoms with Crippen molar-refractivity contribution in [2.24, 2.45) is 0 Å². The number of anilines is 1. The molecule has 0 aliphatic heterocycles. The molecule has 0 atom stereocenters. The fourth-order valence-electron chi connectivity index (χ4n) is 2.13. The van der Waals surface area contributed by atoms with Gasteiger partial charge in [-0.3, -0.25) is 4.79 Å². The summed E-state index contributed by atoms with van der Waals surface area (Å²) in [6, 6.07) is 14.5. The van der Waals surface area contributed by atoms with E-state index in [0.717, 1.165) is 6.26 Å². The average molecular weight is 350 g/mol. The SMILES string of the molecule is CS(=O)(=O)N(CCC(=O)Nc1ccccc1)Cc1ccc(F)cc1. The Bertz CT molecular complexity index is 777. The molecule has 128 valence electrons. The maximum atomic E-state index is 12.9. The van der Waals surface area contributed by atoms with Gasteiger partial charge in [0.1, 0.15) is 5.82 Å². The molecule has 0 saturated heterocycles. The molecule has 7 heteroatoms. The Labute approximate surface area is 141 Å². The van der Waals surface area contributed by atoms with Crippen LogP contribution in [0.5, 0.6) is 0 Å². The highest BCUT2D eigenvalue weighted by Crippen LogP contribution is 2.11. The largest absolute Gasteiger partial charge is 0.326 e. The summed E-state index contributed by atoms with van der Waals surface area (Å²) in [6.07, 6.45) is 1.12. The minimum atomic E-state index is -3.48. The Morgan fingerprint density at radius 1 is 1.08 bits per heavy atom. The van der Waals surface area contributed by atoms with E-state index in [-0.39, 0.29) is 31.2 Å². The standard InChI is InChI=1S/C17H19FN2O3S/c1-24(22,23)20(13-14-7-9-15(18)10-8-14)12-11-17(21)19-16-5-3-2-4-6-16/h2-10H,11-13H2,1H3,(H,19,21). The lowest BCUT2D eigenvalue weighted by molar-refractivity contribution is -0.116. The Morgan fingerprint density at radius 3 is 2.29 bits per heavy atom. The van der Waals surface area contributed by atoms with Crippen molar-refractivity contribution in [1.29, 1.82) is 0 Å². The van der Waals surface area contributed by atoms with E-state index in [1.165, 1.54) is 28.6 Å². The predicted octanol–water partition coefficient (Wildman–Crippen LogP) is 2.62. The van der Waals surface area contributed by atoms with Gasteiger partial charge < -0.3 is 5.32 Å². The van der Waals surface area contributed by atoms with Gasteiger partial charge in [0.05, 0.1) is 6.26 Å². The molecule has 0 aliphatic carbocycles. The molecule has 1 N–H and O–H groups in total. The van der Waals surface area contributed by atoms with Crippen molar-refractivity contribution in [3.8, 4) is 0 Å². The van der Waals surface area contributed by atoms with Crippen LogP contribution in [0, 0.1) is 5.82 Å². The summed E-state index contributed by atoms with van der Waals surface area (Å²) in [5.41, 5.74) is 1.32. The molecule has 0 aromatic heterocycles. The summed E-state index contributed by atoms with van der Waals surface area (Å²) < 4.78 is 37.9. The number of hydrogen-bond donors (Lipinski definition) is 1. The van der Waals surface area contributed by atoms with Crippen LogP contribution < -0.4 is 5.32 Å². The molecular weight excluding hydrogens is 331 g/mol. The molecule has 0 fully saturated rings. The highest BCUT2D eigenvalue weighted by Gasteiger charge is 2.18. The van der Waals surface area contributed by atoms with E-state index in [1.54, 1.807) is 24.3 Å². The van der Waals surface area contributed by atoms with Crippen LogP contribution in [0.2, 0.25) is 0 Å². The number of nitrogens with one attached hydrogen (secondary N) is 1. The van der Waals surface area contributed by atoms with Crippen LogP contribution in [-0.2, 0) is 21.4 Å². The smallest absolute Gasteiger partial charge is 0.225 e. The monoisotopic (exact) mass is 350 g/mol. The van der Waals surface area contributed by atoms with Crippen molar-refractivity contribution in [3.63, 3.8) is 0 Å². The second kappa shape index (κ2) is 8.03. The van der Waals surface area contributed by atoms with Crippen LogP contribution in [0.25, 0.3) is 0 Å². The fourth-order valence-corrected chi connectivity index (χ4v) is 2.93. The number of nitrogens with zero attached hydrogens (tertiary/aromatic N) is 1. The number of carbonyl (C=O) groups is 1. The van der Waals surface area contributed by atoms with E-state index < -0.39 is 10.0 Å². The number of sulfonamides is 1. The lowest BCUT2D eigenvalue weighted by Crippen LogP contribution is -2.32. The molecule has 2 aromatic carbocycles. The second-order valence-electron chi connectivity index (χ2n) is 5.39. The van der Waals surface area contributed by atoms with Crippen molar-refractivity contribution in [1.82, 2.24) is 4.31 Å². The fraction of sp³-hybridized carbons (Fsp3) is 0.235. The summed E-state index contributed by atoms with van der Waals surface area (Å²) >= 11 is 0. The Kier molecular flexibility index (Phi) is 6.05. The zero-order chi connectivity index (χ0) is 17.6. The lowest BCUT2D eigenvalue weighted by atomic mass is 10.2. The van der Waals surface area contributed by atoms with Crippen molar-refractivity contribution in [3.05, 3.63) is 66.0 Å². The number of para-hydroxylation sites is 1. The molecule has 24 heavy (non-hydrogen) atoms. The third-order valence-corrected chi connectivity index (χ3v) is 4.64. The molecule has 2 rings (SSSR count). The normalized spacial score (nSPS) is 11.5. The predicted molar refractivity (Wildman–Crippen MR) is 91.3 cm³/mol.